The van der Waals surface area contributed by atoms with Crippen LogP contribution in [0.3, 0.4) is 0 Å². The van der Waals surface area contributed by atoms with Crippen LogP contribution in [0.2, 0.25) is 0 Å². The molecule has 5 heteroatoms. The van der Waals surface area contributed by atoms with E-state index < -0.39 is 0 Å². The first-order valence-corrected chi connectivity index (χ1v) is 7.12. The molecule has 1 aromatic heterocycles. The van der Waals surface area contributed by atoms with Crippen LogP contribution in [0, 0.1) is 10.1 Å². The summed E-state index contributed by atoms with van der Waals surface area (Å²) >= 11 is 0. The van der Waals surface area contributed by atoms with Gasteiger partial charge in [0.15, 0.2) is 5.69 Å². The normalized spacial score (nSPS) is 14.5. The molecule has 1 fully saturated rings. The van der Waals surface area contributed by atoms with Crippen molar-refractivity contribution in [1.82, 2.24) is 4.98 Å². The number of nitro groups is 1. The number of pyridine rings is 1. The molecule has 1 saturated carbocycles. The Morgan fingerprint density at radius 2 is 1.90 bits per heavy atom. The average molecular weight is 283 g/mol. The van der Waals surface area contributed by atoms with Crippen molar-refractivity contribution in [2.24, 2.45) is 0 Å². The predicted molar refractivity (Wildman–Crippen MR) is 82.5 cm³/mol. The second kappa shape index (κ2) is 5.52. The number of hydrogen-bond donors (Lipinski definition) is 1. The molecule has 5 nitrogen and oxygen atoms in total. The summed E-state index contributed by atoms with van der Waals surface area (Å²) in [5.41, 5.74) is 2.54. The fourth-order valence-electron chi connectivity index (χ4n) is 2.61. The highest BCUT2D eigenvalue weighted by Gasteiger charge is 2.21. The van der Waals surface area contributed by atoms with E-state index in [1.54, 1.807) is 13.1 Å². The van der Waals surface area contributed by atoms with Crippen LogP contribution in [0.5, 0.6) is 0 Å². The fraction of sp³-hybridized carbons (Fsp3) is 0.312. The van der Waals surface area contributed by atoms with Gasteiger partial charge in [-0.2, -0.15) is 0 Å². The monoisotopic (exact) mass is 283 g/mol. The van der Waals surface area contributed by atoms with Crippen LogP contribution < -0.4 is 5.32 Å². The molecule has 3 rings (SSSR count). The van der Waals surface area contributed by atoms with Gasteiger partial charge in [0.1, 0.15) is 5.82 Å². The van der Waals surface area contributed by atoms with Crippen LogP contribution in [0.4, 0.5) is 11.5 Å². The largest absolute Gasteiger partial charge is 0.373 e. The van der Waals surface area contributed by atoms with Gasteiger partial charge >= 0.3 is 0 Å². The van der Waals surface area contributed by atoms with E-state index in [9.17, 15) is 10.1 Å². The van der Waals surface area contributed by atoms with E-state index in [1.807, 2.05) is 12.1 Å². The summed E-state index contributed by atoms with van der Waals surface area (Å²) in [6.45, 7) is 0. The number of benzene rings is 1. The second-order valence-corrected chi connectivity index (χ2v) is 5.32. The summed E-state index contributed by atoms with van der Waals surface area (Å²) in [5, 5.41) is 14.1. The summed E-state index contributed by atoms with van der Waals surface area (Å²) < 4.78 is 0. The van der Waals surface area contributed by atoms with Gasteiger partial charge in [0.25, 0.3) is 5.69 Å². The Morgan fingerprint density at radius 1 is 1.19 bits per heavy atom. The standard InChI is InChI=1S/C16H17N3O2/c1-17-15-10-9-14(19(20)21)16(18-15)13-7-5-12(6-8-13)11-3-2-4-11/h5-11H,2-4H2,1H3,(H,17,18). The van der Waals surface area contributed by atoms with Crippen LogP contribution in [0.15, 0.2) is 36.4 Å². The lowest BCUT2D eigenvalue weighted by molar-refractivity contribution is -0.384. The lowest BCUT2D eigenvalue weighted by Gasteiger charge is -2.25. The van der Waals surface area contributed by atoms with Gasteiger partial charge in [0.2, 0.25) is 0 Å². The number of anilines is 1. The molecule has 0 atom stereocenters. The minimum absolute atomic E-state index is 0.0328. The molecule has 0 spiro atoms. The molecule has 108 valence electrons. The summed E-state index contributed by atoms with van der Waals surface area (Å²) in [5.74, 6) is 1.28. The van der Waals surface area contributed by atoms with E-state index in [1.165, 1.54) is 30.9 Å². The molecule has 1 aromatic carbocycles. The van der Waals surface area contributed by atoms with Gasteiger partial charge in [-0.15, -0.1) is 0 Å². The van der Waals surface area contributed by atoms with Crippen molar-refractivity contribution in [2.45, 2.75) is 25.2 Å². The minimum atomic E-state index is -0.387. The molecule has 0 aliphatic heterocycles. The minimum Gasteiger partial charge on any atom is -0.373 e. The molecule has 0 amide bonds. The third-order valence-corrected chi connectivity index (χ3v) is 4.09. The summed E-state index contributed by atoms with van der Waals surface area (Å²) in [4.78, 5) is 15.1. The first-order valence-electron chi connectivity index (χ1n) is 7.12. The molecule has 2 aromatic rings. The molecule has 1 aliphatic carbocycles. The van der Waals surface area contributed by atoms with Gasteiger partial charge in [0.05, 0.1) is 4.92 Å². The number of rotatable bonds is 4. The van der Waals surface area contributed by atoms with Crippen molar-refractivity contribution in [3.8, 4) is 11.3 Å². The van der Waals surface area contributed by atoms with Crippen molar-refractivity contribution in [2.75, 3.05) is 12.4 Å². The number of aromatic nitrogens is 1. The van der Waals surface area contributed by atoms with Crippen LogP contribution in [-0.2, 0) is 0 Å². The Labute approximate surface area is 123 Å². The zero-order chi connectivity index (χ0) is 14.8. The molecule has 1 aliphatic rings. The van der Waals surface area contributed by atoms with Crippen LogP contribution in [0.1, 0.15) is 30.7 Å². The summed E-state index contributed by atoms with van der Waals surface area (Å²) in [6, 6.07) is 11.1. The lowest BCUT2D eigenvalue weighted by Crippen LogP contribution is -2.08. The highest BCUT2D eigenvalue weighted by Crippen LogP contribution is 2.37. The van der Waals surface area contributed by atoms with E-state index >= 15 is 0 Å². The van der Waals surface area contributed by atoms with Gasteiger partial charge < -0.3 is 5.32 Å². The Bertz CT molecular complexity index is 664. The predicted octanol–water partition coefficient (Wildman–Crippen LogP) is 3.97. The Hall–Kier alpha value is -2.43. The van der Waals surface area contributed by atoms with Gasteiger partial charge in [-0.05, 0) is 30.4 Å². The van der Waals surface area contributed by atoms with Crippen molar-refractivity contribution in [3.05, 3.63) is 52.1 Å². The summed E-state index contributed by atoms with van der Waals surface area (Å²) in [6.07, 6.45) is 3.78. The summed E-state index contributed by atoms with van der Waals surface area (Å²) in [7, 11) is 1.75. The maximum Gasteiger partial charge on any atom is 0.295 e. The van der Waals surface area contributed by atoms with Crippen LogP contribution in [0.25, 0.3) is 11.3 Å². The lowest BCUT2D eigenvalue weighted by atomic mass is 9.80. The van der Waals surface area contributed by atoms with Gasteiger partial charge in [-0.25, -0.2) is 4.98 Å². The number of nitrogens with zero attached hydrogens (tertiary/aromatic N) is 2. The Kier molecular flexibility index (Phi) is 3.56. The van der Waals surface area contributed by atoms with Crippen LogP contribution in [-0.4, -0.2) is 17.0 Å². The first kappa shape index (κ1) is 13.5. The van der Waals surface area contributed by atoms with Gasteiger partial charge in [-0.3, -0.25) is 10.1 Å². The van der Waals surface area contributed by atoms with Gasteiger partial charge in [0, 0.05) is 18.7 Å². The highest BCUT2D eigenvalue weighted by molar-refractivity contribution is 5.71. The molecular formula is C16H17N3O2. The second-order valence-electron chi connectivity index (χ2n) is 5.32. The molecule has 0 radical (unpaired) electrons. The molecule has 1 N–H and O–H groups in total. The number of nitrogens with one attached hydrogen (secondary N) is 1. The SMILES string of the molecule is CNc1ccc([N+](=O)[O-])c(-c2ccc(C3CCC3)cc2)n1. The molecule has 0 saturated heterocycles. The smallest absolute Gasteiger partial charge is 0.295 e. The maximum absolute atomic E-state index is 11.2. The van der Waals surface area contributed by atoms with E-state index in [2.05, 4.69) is 22.4 Å². The maximum atomic E-state index is 11.2. The zero-order valence-electron chi connectivity index (χ0n) is 11.9. The topological polar surface area (TPSA) is 68.1 Å². The third-order valence-electron chi connectivity index (χ3n) is 4.09. The highest BCUT2D eigenvalue weighted by atomic mass is 16.6. The van der Waals surface area contributed by atoms with E-state index in [0.717, 1.165) is 5.56 Å². The fourth-order valence-corrected chi connectivity index (χ4v) is 2.61. The Morgan fingerprint density at radius 3 is 2.43 bits per heavy atom. The third kappa shape index (κ3) is 2.59. The van der Waals surface area contributed by atoms with E-state index in [0.29, 0.717) is 17.4 Å². The van der Waals surface area contributed by atoms with Crippen molar-refractivity contribution < 1.29 is 4.92 Å². The average Bonchev–Trinajstić information content (AvgIpc) is 2.45. The van der Waals surface area contributed by atoms with Gasteiger partial charge in [-0.1, -0.05) is 30.7 Å². The number of hydrogen-bond acceptors (Lipinski definition) is 4. The molecule has 21 heavy (non-hydrogen) atoms. The van der Waals surface area contributed by atoms with Crippen molar-refractivity contribution >= 4 is 11.5 Å². The first-order chi connectivity index (χ1) is 10.2. The van der Waals surface area contributed by atoms with Crippen LogP contribution >= 0.6 is 0 Å². The molecule has 0 unspecified atom stereocenters. The quantitative estimate of drug-likeness (QED) is 0.681. The molecule has 1 heterocycles. The van der Waals surface area contributed by atoms with Crippen molar-refractivity contribution in [3.63, 3.8) is 0 Å². The Balaban J connectivity index is 1.99. The molecular weight excluding hydrogens is 266 g/mol. The van der Waals surface area contributed by atoms with E-state index in [-0.39, 0.29) is 10.6 Å². The van der Waals surface area contributed by atoms with E-state index in [4.69, 9.17) is 0 Å². The molecule has 0 bridgehead atoms. The zero-order valence-corrected chi connectivity index (χ0v) is 11.9. The van der Waals surface area contributed by atoms with Crippen molar-refractivity contribution in [1.29, 1.82) is 0 Å².